The zero-order valence-electron chi connectivity index (χ0n) is 46.4. The Hall–Kier alpha value is -4.18. The molecule has 0 spiro atoms. The summed E-state index contributed by atoms with van der Waals surface area (Å²) >= 11 is 0. The second-order valence-corrected chi connectivity index (χ2v) is 25.2. The second kappa shape index (κ2) is 22.3. The molecule has 2 aromatic rings. The lowest BCUT2D eigenvalue weighted by Crippen LogP contribution is -2.70. The molecule has 3 aliphatic carbocycles. The van der Waals surface area contributed by atoms with Gasteiger partial charge < -0.3 is 39.0 Å². The Kier molecular flexibility index (Phi) is 16.5. The average Bonchev–Trinajstić information content (AvgIpc) is 3.81. The lowest BCUT2D eigenvalue weighted by molar-refractivity contribution is -0.225. The fourth-order valence-electron chi connectivity index (χ4n) is 14.0. The maximum absolute atomic E-state index is 16.2. The van der Waals surface area contributed by atoms with Gasteiger partial charge in [-0.1, -0.05) is 120 Å². The summed E-state index contributed by atoms with van der Waals surface area (Å²) in [5, 5.41) is 15.1. The summed E-state index contributed by atoms with van der Waals surface area (Å²) in [5.41, 5.74) is 2.33. The molecule has 9 rings (SSSR count). The third kappa shape index (κ3) is 11.7. The van der Waals surface area contributed by atoms with Crippen molar-refractivity contribution in [1.82, 2.24) is 15.3 Å². The maximum atomic E-state index is 16.2. The van der Waals surface area contributed by atoms with Gasteiger partial charge in [-0.05, 0) is 113 Å². The molecule has 14 nitrogen and oxygen atoms in total. The molecule has 4 saturated heterocycles. The number of nitrogens with one attached hydrogen (secondary N) is 1. The highest BCUT2D eigenvalue weighted by atomic mass is 16.8. The Balaban J connectivity index is 1.05. The van der Waals surface area contributed by atoms with Gasteiger partial charge >= 0.3 is 11.9 Å². The molecular formula is C61H87N3O11. The first kappa shape index (κ1) is 55.6. The highest BCUT2D eigenvalue weighted by Gasteiger charge is 2.77. The number of hydrogen-bond donors (Lipinski definition) is 2. The quantitative estimate of drug-likeness (QED) is 0.0692. The molecule has 3 saturated carbocycles. The molecule has 12 atom stereocenters. The van der Waals surface area contributed by atoms with E-state index in [9.17, 15) is 19.5 Å². The molecule has 0 radical (unpaired) electrons. The van der Waals surface area contributed by atoms with E-state index in [2.05, 4.69) is 64.2 Å². The Labute approximate surface area is 446 Å². The van der Waals surface area contributed by atoms with Crippen LogP contribution in [0.5, 0.6) is 0 Å². The van der Waals surface area contributed by atoms with Crippen molar-refractivity contribution in [3.8, 4) is 0 Å². The van der Waals surface area contributed by atoms with Gasteiger partial charge in [-0.3, -0.25) is 24.0 Å². The van der Waals surface area contributed by atoms with Crippen LogP contribution >= 0.6 is 0 Å². The highest BCUT2D eigenvalue weighted by molar-refractivity contribution is 5.96. The number of hydroxylamine groups is 2. The smallest absolute Gasteiger partial charge is 0.327 e. The lowest BCUT2D eigenvalue weighted by atomic mass is 9.52. The van der Waals surface area contributed by atoms with Crippen molar-refractivity contribution in [3.63, 3.8) is 0 Å². The van der Waals surface area contributed by atoms with Crippen LogP contribution in [0.25, 0.3) is 6.08 Å². The minimum atomic E-state index is -1.53. The van der Waals surface area contributed by atoms with Gasteiger partial charge in [-0.25, -0.2) is 0 Å². The molecule has 0 aromatic heterocycles. The van der Waals surface area contributed by atoms with E-state index in [1.54, 1.807) is 32.9 Å². The van der Waals surface area contributed by atoms with E-state index in [1.807, 2.05) is 36.4 Å². The molecule has 412 valence electrons. The number of fused-ring (bicyclic) bond motifs is 6. The third-order valence-corrected chi connectivity index (χ3v) is 18.1. The first-order chi connectivity index (χ1) is 35.7. The number of ether oxygens (including phenoxy) is 5. The van der Waals surface area contributed by atoms with E-state index in [1.165, 1.54) is 16.9 Å². The summed E-state index contributed by atoms with van der Waals surface area (Å²) < 4.78 is 32.5. The fourth-order valence-corrected chi connectivity index (χ4v) is 14.0. The zero-order chi connectivity index (χ0) is 53.5. The molecule has 2 N–H and O–H groups in total. The van der Waals surface area contributed by atoms with Crippen LogP contribution < -0.4 is 5.32 Å². The molecule has 4 heterocycles. The molecule has 2 aromatic carbocycles. The minimum Gasteiger partial charge on any atom is -0.460 e. The zero-order valence-corrected chi connectivity index (χ0v) is 46.4. The molecule has 75 heavy (non-hydrogen) atoms. The van der Waals surface area contributed by atoms with Crippen molar-refractivity contribution in [2.75, 3.05) is 13.7 Å². The van der Waals surface area contributed by atoms with Crippen LogP contribution in [0, 0.1) is 22.7 Å². The van der Waals surface area contributed by atoms with Crippen LogP contribution in [0.2, 0.25) is 0 Å². The lowest BCUT2D eigenvalue weighted by Gasteiger charge is -2.53. The van der Waals surface area contributed by atoms with E-state index in [4.69, 9.17) is 28.5 Å². The van der Waals surface area contributed by atoms with Crippen LogP contribution in [0.1, 0.15) is 175 Å². The van der Waals surface area contributed by atoms with E-state index in [0.717, 1.165) is 80.9 Å². The van der Waals surface area contributed by atoms with Crippen molar-refractivity contribution in [2.24, 2.45) is 22.7 Å². The fraction of sp³-hybridized carbons (Fsp3) is 0.705. The van der Waals surface area contributed by atoms with Crippen molar-refractivity contribution in [3.05, 3.63) is 76.9 Å². The number of carbonyl (C=O) groups is 4. The Bertz CT molecular complexity index is 2390. The van der Waals surface area contributed by atoms with Gasteiger partial charge in [0.05, 0.1) is 30.9 Å². The number of amides is 2. The number of epoxide rings is 1. The summed E-state index contributed by atoms with van der Waals surface area (Å²) in [6.45, 7) is 16.5. The first-order valence-electron chi connectivity index (χ1n) is 28.6. The van der Waals surface area contributed by atoms with E-state index < -0.39 is 89.7 Å². The standard InChI is InChI=1S/C61H87N3O11/c1-10-12-17-29-60(30-18-13-11-2)73-50-47-36-61(56(69)63(9)46(34-39-20-15-14-16-21-39)54(67)62-43(38-65)25-27-49(66)72-57(3,4)5)52(55(68)70-47)64(75-53(61)51(50)74-60)37-41-23-19-22-40(32-41)33-42-24-26-48-59(8,71-48)31-28-45-44(42)35-58(45,6)7/h14-16,19-23,32-33,43-48,50-53,65H,10-13,17-18,24-31,34-38H2,1-9H3,(H,62,67)/t43-,44+,45+,46+,47+,48?,50-,51-,52-,53+,59+,61-/m0/s1. The van der Waals surface area contributed by atoms with Gasteiger partial charge in [0.1, 0.15) is 41.5 Å². The van der Waals surface area contributed by atoms with Gasteiger partial charge in [-0.15, -0.1) is 0 Å². The monoisotopic (exact) mass is 1040 g/mol. The SMILES string of the molecule is CCCCCC1(CCCCC)O[C@@H]2[C@H](O1)[C@H]1ON(Cc3cccc(C=C4CCC5O[C@]5(C)CC[C@@H]5[C@@H]4CC5(C)C)c3)[C@H]3C(=O)O[C@@H]2C[C@@]13C(=O)N(C)[C@H](Cc1ccccc1)C(=O)N[C@H](CO)CCC(=O)OC(C)(C)C. The van der Waals surface area contributed by atoms with Crippen LogP contribution in [0.15, 0.2) is 60.2 Å². The number of rotatable bonds is 21. The molecule has 4 aliphatic heterocycles. The van der Waals surface area contributed by atoms with Crippen molar-refractivity contribution in [1.29, 1.82) is 0 Å². The summed E-state index contributed by atoms with van der Waals surface area (Å²) in [4.78, 5) is 67.3. The summed E-state index contributed by atoms with van der Waals surface area (Å²) in [7, 11) is 1.62. The molecule has 2 bridgehead atoms. The molecule has 14 heteroatoms. The van der Waals surface area contributed by atoms with Crippen molar-refractivity contribution >= 4 is 29.8 Å². The van der Waals surface area contributed by atoms with Gasteiger partial charge in [0.25, 0.3) is 0 Å². The van der Waals surface area contributed by atoms with E-state index in [0.29, 0.717) is 30.8 Å². The number of unbranched alkanes of at least 4 members (excludes halogenated alkanes) is 4. The van der Waals surface area contributed by atoms with Crippen molar-refractivity contribution < 1.29 is 52.8 Å². The number of aliphatic hydroxyl groups is 1. The van der Waals surface area contributed by atoms with Crippen LogP contribution in [0.3, 0.4) is 0 Å². The van der Waals surface area contributed by atoms with Crippen molar-refractivity contribution in [2.45, 2.75) is 237 Å². The number of nitrogens with zero attached hydrogens (tertiary/aromatic N) is 2. The number of likely N-dealkylation sites (N-methyl/N-ethyl adjacent to an activating group) is 1. The minimum absolute atomic E-state index is 0.00370. The van der Waals surface area contributed by atoms with Gasteiger partial charge in [0.2, 0.25) is 11.8 Å². The average molecular weight is 1040 g/mol. The maximum Gasteiger partial charge on any atom is 0.327 e. The highest BCUT2D eigenvalue weighted by Crippen LogP contribution is 2.61. The molecular weight excluding hydrogens is 951 g/mol. The van der Waals surface area contributed by atoms with Gasteiger partial charge in [0, 0.05) is 39.2 Å². The van der Waals surface area contributed by atoms with Gasteiger partial charge in [0.15, 0.2) is 11.8 Å². The van der Waals surface area contributed by atoms with E-state index >= 15 is 4.79 Å². The molecule has 1 unspecified atom stereocenters. The number of carbonyl (C=O) groups excluding carboxylic acids is 4. The molecule has 2 amide bonds. The number of esters is 2. The molecule has 7 fully saturated rings. The number of aliphatic hydroxyl groups excluding tert-OH is 1. The number of hydrogen-bond acceptors (Lipinski definition) is 12. The van der Waals surface area contributed by atoms with E-state index in [-0.39, 0.29) is 43.2 Å². The Morgan fingerprint density at radius 3 is 2.31 bits per heavy atom. The van der Waals surface area contributed by atoms with Crippen LogP contribution in [0.4, 0.5) is 0 Å². The normalized spacial score (nSPS) is 32.5. The van der Waals surface area contributed by atoms with Crippen LogP contribution in [-0.4, -0.2) is 118 Å². The predicted molar refractivity (Wildman–Crippen MR) is 284 cm³/mol. The topological polar surface area (TPSA) is 166 Å². The number of benzene rings is 2. The first-order valence-corrected chi connectivity index (χ1v) is 28.6. The van der Waals surface area contributed by atoms with Gasteiger partial charge in [-0.2, -0.15) is 5.06 Å². The summed E-state index contributed by atoms with van der Waals surface area (Å²) in [6.07, 6.45) is 12.5. The van der Waals surface area contributed by atoms with Crippen LogP contribution in [-0.2, 0) is 60.7 Å². The largest absolute Gasteiger partial charge is 0.460 e. The second-order valence-electron chi connectivity index (χ2n) is 25.2. The predicted octanol–water partition coefficient (Wildman–Crippen LogP) is 9.57. The molecule has 7 aliphatic rings. The Morgan fingerprint density at radius 2 is 1.63 bits per heavy atom. The summed E-state index contributed by atoms with van der Waals surface area (Å²) in [5.74, 6) is -1.78. The summed E-state index contributed by atoms with van der Waals surface area (Å²) in [6, 6.07) is 14.8. The number of allylic oxidation sites excluding steroid dienone is 1. The Morgan fingerprint density at radius 1 is 0.920 bits per heavy atom. The third-order valence-electron chi connectivity index (χ3n) is 18.1.